The molecule has 0 heterocycles. The lowest BCUT2D eigenvalue weighted by atomic mass is 9.82. The molecule has 0 bridgehead atoms. The molecule has 112 valence electrons. The van der Waals surface area contributed by atoms with Crippen molar-refractivity contribution in [3.05, 3.63) is 69.2 Å². The highest BCUT2D eigenvalue weighted by Gasteiger charge is 2.19. The van der Waals surface area contributed by atoms with E-state index in [0.29, 0.717) is 0 Å². The molecule has 0 amide bonds. The molecule has 0 aliphatic heterocycles. The zero-order valence-electron chi connectivity index (χ0n) is 13.1. The van der Waals surface area contributed by atoms with Gasteiger partial charge >= 0.3 is 0 Å². The number of alkyl halides is 1. The zero-order chi connectivity index (χ0) is 15.6. The average Bonchev–Trinajstić information content (AvgIpc) is 2.49. The van der Waals surface area contributed by atoms with E-state index in [2.05, 4.69) is 102 Å². The van der Waals surface area contributed by atoms with Crippen molar-refractivity contribution < 1.29 is 0 Å². The fraction of sp³-hybridized carbons (Fsp3) is 0.368. The van der Waals surface area contributed by atoms with Crippen LogP contribution in [0.3, 0.4) is 0 Å². The lowest BCUT2D eigenvalue weighted by molar-refractivity contribution is 0.506. The van der Waals surface area contributed by atoms with Crippen molar-refractivity contribution in [2.45, 2.75) is 44.4 Å². The topological polar surface area (TPSA) is 0 Å². The van der Waals surface area contributed by atoms with E-state index in [4.69, 9.17) is 0 Å². The first-order valence-corrected chi connectivity index (χ1v) is 9.07. The second-order valence-corrected chi connectivity index (χ2v) is 7.95. The second-order valence-electron chi connectivity index (χ2n) is 6.18. The van der Waals surface area contributed by atoms with Crippen LogP contribution in [0.4, 0.5) is 0 Å². The van der Waals surface area contributed by atoms with Crippen LogP contribution in [0.1, 0.15) is 54.3 Å². The Labute approximate surface area is 145 Å². The summed E-state index contributed by atoms with van der Waals surface area (Å²) in [6, 6.07) is 15.4. The number of hydrogen-bond donors (Lipinski definition) is 0. The first-order chi connectivity index (χ1) is 9.86. The molecule has 2 aromatic carbocycles. The van der Waals surface area contributed by atoms with Crippen LogP contribution in [0.2, 0.25) is 0 Å². The van der Waals surface area contributed by atoms with Crippen LogP contribution in [0.25, 0.3) is 0 Å². The SMILES string of the molecule is CCC(C)(C)c1ccc(C(Br)c2cccc(Br)c2C)cc1. The molecule has 0 saturated carbocycles. The highest BCUT2D eigenvalue weighted by atomic mass is 79.9. The van der Waals surface area contributed by atoms with Crippen LogP contribution in [0, 0.1) is 6.92 Å². The number of benzene rings is 2. The van der Waals surface area contributed by atoms with E-state index in [1.165, 1.54) is 22.3 Å². The van der Waals surface area contributed by atoms with Crippen LogP contribution in [-0.2, 0) is 5.41 Å². The van der Waals surface area contributed by atoms with Gasteiger partial charge in [-0.05, 0) is 47.1 Å². The van der Waals surface area contributed by atoms with Crippen LogP contribution >= 0.6 is 31.9 Å². The molecule has 0 fully saturated rings. The molecule has 2 aromatic rings. The monoisotopic (exact) mass is 408 g/mol. The molecule has 0 nitrogen and oxygen atoms in total. The average molecular weight is 410 g/mol. The molecule has 0 spiro atoms. The molecular formula is C19H22Br2. The lowest BCUT2D eigenvalue weighted by Crippen LogP contribution is -2.15. The van der Waals surface area contributed by atoms with Crippen LogP contribution in [-0.4, -0.2) is 0 Å². The van der Waals surface area contributed by atoms with Crippen molar-refractivity contribution in [1.29, 1.82) is 0 Å². The number of hydrogen-bond acceptors (Lipinski definition) is 0. The predicted octanol–water partition coefficient (Wildman–Crippen LogP) is 6.93. The largest absolute Gasteiger partial charge is 0.0786 e. The second kappa shape index (κ2) is 6.66. The Morgan fingerprint density at radius 1 is 1.05 bits per heavy atom. The Bertz CT molecular complexity index is 612. The van der Waals surface area contributed by atoms with Crippen molar-refractivity contribution in [2.75, 3.05) is 0 Å². The molecule has 0 N–H and O–H groups in total. The van der Waals surface area contributed by atoms with E-state index in [9.17, 15) is 0 Å². The smallest absolute Gasteiger partial charge is 0.0647 e. The molecule has 0 aliphatic rings. The van der Waals surface area contributed by atoms with E-state index in [1.807, 2.05) is 0 Å². The van der Waals surface area contributed by atoms with E-state index in [-0.39, 0.29) is 10.2 Å². The quantitative estimate of drug-likeness (QED) is 0.480. The van der Waals surface area contributed by atoms with E-state index < -0.39 is 0 Å². The molecule has 0 aromatic heterocycles. The summed E-state index contributed by atoms with van der Waals surface area (Å²) in [5.74, 6) is 0. The molecule has 1 unspecified atom stereocenters. The van der Waals surface area contributed by atoms with Gasteiger partial charge in [-0.3, -0.25) is 0 Å². The van der Waals surface area contributed by atoms with Crippen LogP contribution < -0.4 is 0 Å². The van der Waals surface area contributed by atoms with Crippen molar-refractivity contribution in [2.24, 2.45) is 0 Å². The Morgan fingerprint density at radius 2 is 1.67 bits per heavy atom. The fourth-order valence-corrected chi connectivity index (χ4v) is 3.57. The Balaban J connectivity index is 2.32. The lowest BCUT2D eigenvalue weighted by Gasteiger charge is -2.24. The number of halogens is 2. The van der Waals surface area contributed by atoms with Gasteiger partial charge in [0.25, 0.3) is 0 Å². The molecule has 2 heteroatoms. The molecule has 21 heavy (non-hydrogen) atoms. The third-order valence-corrected chi connectivity index (χ3v) is 6.33. The van der Waals surface area contributed by atoms with Gasteiger partial charge < -0.3 is 0 Å². The van der Waals surface area contributed by atoms with E-state index in [0.717, 1.165) is 10.9 Å². The minimum atomic E-state index is 0.230. The molecular weight excluding hydrogens is 388 g/mol. The molecule has 1 atom stereocenters. The van der Waals surface area contributed by atoms with Gasteiger partial charge in [-0.25, -0.2) is 0 Å². The summed E-state index contributed by atoms with van der Waals surface area (Å²) < 4.78 is 1.16. The first kappa shape index (κ1) is 16.8. The summed E-state index contributed by atoms with van der Waals surface area (Å²) in [7, 11) is 0. The van der Waals surface area contributed by atoms with Gasteiger partial charge in [0.15, 0.2) is 0 Å². The maximum Gasteiger partial charge on any atom is 0.0647 e. The molecule has 0 radical (unpaired) electrons. The Kier molecular flexibility index (Phi) is 5.32. The van der Waals surface area contributed by atoms with Gasteiger partial charge in [0.05, 0.1) is 4.83 Å². The molecule has 2 rings (SSSR count). The highest BCUT2D eigenvalue weighted by Crippen LogP contribution is 2.36. The zero-order valence-corrected chi connectivity index (χ0v) is 16.3. The predicted molar refractivity (Wildman–Crippen MR) is 99.4 cm³/mol. The highest BCUT2D eigenvalue weighted by molar-refractivity contribution is 9.10. The van der Waals surface area contributed by atoms with Crippen molar-refractivity contribution in [3.63, 3.8) is 0 Å². The van der Waals surface area contributed by atoms with Crippen LogP contribution in [0.5, 0.6) is 0 Å². The van der Waals surface area contributed by atoms with Gasteiger partial charge in [0, 0.05) is 4.47 Å². The van der Waals surface area contributed by atoms with E-state index >= 15 is 0 Å². The molecule has 0 saturated heterocycles. The van der Waals surface area contributed by atoms with E-state index in [1.54, 1.807) is 0 Å². The maximum absolute atomic E-state index is 3.85. The van der Waals surface area contributed by atoms with Gasteiger partial charge in [-0.15, -0.1) is 0 Å². The fourth-order valence-electron chi connectivity index (χ4n) is 2.39. The van der Waals surface area contributed by atoms with Gasteiger partial charge in [-0.1, -0.05) is 89.0 Å². The van der Waals surface area contributed by atoms with Gasteiger partial charge in [0.2, 0.25) is 0 Å². The maximum atomic E-state index is 3.85. The first-order valence-electron chi connectivity index (χ1n) is 7.36. The summed E-state index contributed by atoms with van der Waals surface area (Å²) in [4.78, 5) is 0.230. The molecule has 0 aliphatic carbocycles. The minimum absolute atomic E-state index is 0.230. The standard InChI is InChI=1S/C19H22Br2/c1-5-19(3,4)15-11-9-14(10-12-15)18(21)16-7-6-8-17(20)13(16)2/h6-12,18H,5H2,1-4H3. The Morgan fingerprint density at radius 3 is 2.24 bits per heavy atom. The van der Waals surface area contributed by atoms with Gasteiger partial charge in [0.1, 0.15) is 0 Å². The Hall–Kier alpha value is -0.600. The summed E-state index contributed by atoms with van der Waals surface area (Å²) in [5, 5.41) is 0. The van der Waals surface area contributed by atoms with Crippen LogP contribution in [0.15, 0.2) is 46.9 Å². The van der Waals surface area contributed by atoms with Gasteiger partial charge in [-0.2, -0.15) is 0 Å². The summed E-state index contributed by atoms with van der Waals surface area (Å²) in [5.41, 5.74) is 5.54. The third-order valence-electron chi connectivity index (χ3n) is 4.45. The van der Waals surface area contributed by atoms with Crippen molar-refractivity contribution >= 4 is 31.9 Å². The number of rotatable bonds is 4. The summed E-state index contributed by atoms with van der Waals surface area (Å²) in [6.45, 7) is 8.99. The van der Waals surface area contributed by atoms with Crippen molar-refractivity contribution in [1.82, 2.24) is 0 Å². The van der Waals surface area contributed by atoms with Crippen molar-refractivity contribution in [3.8, 4) is 0 Å². The third kappa shape index (κ3) is 3.60. The summed E-state index contributed by atoms with van der Waals surface area (Å²) in [6.07, 6.45) is 1.15. The normalized spacial score (nSPS) is 13.2. The minimum Gasteiger partial charge on any atom is -0.0786 e. The summed E-state index contributed by atoms with van der Waals surface area (Å²) >= 11 is 7.46.